The first-order chi connectivity index (χ1) is 14.6. The SMILES string of the molecule is Cc1ccc(S(=O)(=O)Oc2cc(=O)n3nc(C4(F)CCN(C(=O)O)CC4)sc3n2)cc1. The fourth-order valence-electron chi connectivity index (χ4n) is 3.15. The van der Waals surface area contributed by atoms with E-state index in [4.69, 9.17) is 9.29 Å². The molecule has 0 bridgehead atoms. The van der Waals surface area contributed by atoms with Crippen molar-refractivity contribution in [1.82, 2.24) is 19.5 Å². The highest BCUT2D eigenvalue weighted by Gasteiger charge is 2.41. The van der Waals surface area contributed by atoms with Gasteiger partial charge in [0.25, 0.3) is 5.56 Å². The van der Waals surface area contributed by atoms with Gasteiger partial charge in [0.1, 0.15) is 4.90 Å². The molecule has 0 atom stereocenters. The molecule has 1 aliphatic rings. The number of aromatic nitrogens is 3. The molecule has 1 fully saturated rings. The lowest BCUT2D eigenvalue weighted by Crippen LogP contribution is -2.42. The lowest BCUT2D eigenvalue weighted by molar-refractivity contribution is 0.0543. The number of halogens is 1. The van der Waals surface area contributed by atoms with Crippen molar-refractivity contribution in [2.45, 2.75) is 30.3 Å². The van der Waals surface area contributed by atoms with Gasteiger partial charge in [0, 0.05) is 25.9 Å². The fourth-order valence-corrected chi connectivity index (χ4v) is 5.06. The third-order valence-corrected chi connectivity index (χ3v) is 7.26. The average Bonchev–Trinajstić information content (AvgIpc) is 3.14. The van der Waals surface area contributed by atoms with Crippen molar-refractivity contribution in [3.8, 4) is 5.88 Å². The summed E-state index contributed by atoms with van der Waals surface area (Å²) in [7, 11) is -4.22. The summed E-state index contributed by atoms with van der Waals surface area (Å²) >= 11 is 0.789. The first kappa shape index (κ1) is 21.2. The average molecular weight is 468 g/mol. The Kier molecular flexibility index (Phi) is 5.17. The first-order valence-electron chi connectivity index (χ1n) is 9.17. The predicted octanol–water partition coefficient (Wildman–Crippen LogP) is 2.17. The van der Waals surface area contributed by atoms with Crippen LogP contribution in [-0.2, 0) is 15.8 Å². The number of carbonyl (C=O) groups is 1. The fraction of sp³-hybridized carbons (Fsp3) is 0.333. The smallest absolute Gasteiger partial charge is 0.407 e. The van der Waals surface area contributed by atoms with Crippen LogP contribution in [-0.4, -0.2) is 52.2 Å². The molecule has 1 aromatic carbocycles. The van der Waals surface area contributed by atoms with Gasteiger partial charge in [-0.2, -0.15) is 23.0 Å². The number of nitrogens with zero attached hydrogens (tertiary/aromatic N) is 4. The normalized spacial score (nSPS) is 16.4. The maximum absolute atomic E-state index is 15.4. The van der Waals surface area contributed by atoms with E-state index in [-0.39, 0.29) is 40.8 Å². The van der Waals surface area contributed by atoms with E-state index in [2.05, 4.69) is 10.1 Å². The minimum absolute atomic E-state index is 0.00671. The van der Waals surface area contributed by atoms with E-state index >= 15 is 4.39 Å². The Morgan fingerprint density at radius 3 is 2.52 bits per heavy atom. The van der Waals surface area contributed by atoms with Gasteiger partial charge in [-0.3, -0.25) is 4.79 Å². The van der Waals surface area contributed by atoms with Gasteiger partial charge in [-0.1, -0.05) is 29.0 Å². The standard InChI is InChI=1S/C18H17FN4O6S2/c1-11-2-4-12(5-3-11)31(27,28)29-13-10-14(24)23-16(20-13)30-15(21-23)18(19)6-8-22(9-7-18)17(25)26/h2-5,10H,6-9H2,1H3,(H,25,26). The number of fused-ring (bicyclic) bond motifs is 1. The van der Waals surface area contributed by atoms with E-state index in [1.807, 2.05) is 0 Å². The Balaban J connectivity index is 1.63. The highest BCUT2D eigenvalue weighted by Crippen LogP contribution is 2.39. The molecule has 1 saturated heterocycles. The maximum Gasteiger partial charge on any atom is 0.407 e. The zero-order valence-corrected chi connectivity index (χ0v) is 17.8. The van der Waals surface area contributed by atoms with Crippen LogP contribution in [0.5, 0.6) is 5.88 Å². The molecule has 13 heteroatoms. The molecule has 3 heterocycles. The van der Waals surface area contributed by atoms with Gasteiger partial charge in [-0.05, 0) is 19.1 Å². The molecule has 4 rings (SSSR count). The minimum Gasteiger partial charge on any atom is -0.465 e. The van der Waals surface area contributed by atoms with E-state index in [0.29, 0.717) is 0 Å². The molecule has 10 nitrogen and oxygen atoms in total. The van der Waals surface area contributed by atoms with Crippen LogP contribution >= 0.6 is 11.3 Å². The lowest BCUT2D eigenvalue weighted by Gasteiger charge is -2.33. The number of aryl methyl sites for hydroxylation is 1. The van der Waals surface area contributed by atoms with Crippen LogP contribution in [0.3, 0.4) is 0 Å². The topological polar surface area (TPSA) is 131 Å². The molecule has 0 aliphatic carbocycles. The van der Waals surface area contributed by atoms with Gasteiger partial charge in [-0.25, -0.2) is 9.18 Å². The van der Waals surface area contributed by atoms with Crippen molar-refractivity contribution in [2.75, 3.05) is 13.1 Å². The van der Waals surface area contributed by atoms with E-state index in [0.717, 1.165) is 32.4 Å². The van der Waals surface area contributed by atoms with Gasteiger partial charge >= 0.3 is 16.2 Å². The van der Waals surface area contributed by atoms with Gasteiger partial charge in [0.2, 0.25) is 10.8 Å². The summed E-state index contributed by atoms with van der Waals surface area (Å²) in [5.41, 5.74) is -1.78. The molecule has 0 spiro atoms. The van der Waals surface area contributed by atoms with Crippen molar-refractivity contribution in [2.24, 2.45) is 0 Å². The van der Waals surface area contributed by atoms with Gasteiger partial charge in [-0.15, -0.1) is 0 Å². The summed E-state index contributed by atoms with van der Waals surface area (Å²) in [4.78, 5) is 28.4. The second-order valence-electron chi connectivity index (χ2n) is 7.12. The molecule has 2 aromatic heterocycles. The van der Waals surface area contributed by atoms with Crippen LogP contribution in [0.25, 0.3) is 4.96 Å². The molecule has 1 amide bonds. The molecule has 0 unspecified atom stereocenters. The maximum atomic E-state index is 15.4. The lowest BCUT2D eigenvalue weighted by atomic mass is 9.94. The molecule has 0 radical (unpaired) electrons. The summed E-state index contributed by atoms with van der Waals surface area (Å²) in [5.74, 6) is -0.450. The number of likely N-dealkylation sites (tertiary alicyclic amines) is 1. The van der Waals surface area contributed by atoms with Gasteiger partial charge < -0.3 is 14.2 Å². The summed E-state index contributed by atoms with van der Waals surface area (Å²) in [6.45, 7) is 1.79. The van der Waals surface area contributed by atoms with Crippen LogP contribution in [0.2, 0.25) is 0 Å². The minimum atomic E-state index is -4.22. The van der Waals surface area contributed by atoms with Gasteiger partial charge in [0.15, 0.2) is 10.7 Å². The summed E-state index contributed by atoms with van der Waals surface area (Å²) < 4.78 is 46.2. The number of hydrogen-bond donors (Lipinski definition) is 1. The molecular weight excluding hydrogens is 451 g/mol. The zero-order chi connectivity index (χ0) is 22.4. The molecule has 31 heavy (non-hydrogen) atoms. The molecule has 1 N–H and O–H groups in total. The van der Waals surface area contributed by atoms with E-state index < -0.39 is 33.3 Å². The summed E-state index contributed by atoms with van der Waals surface area (Å²) in [6.07, 6.45) is -1.35. The number of alkyl halides is 1. The molecule has 0 saturated carbocycles. The van der Waals surface area contributed by atoms with Crippen LogP contribution < -0.4 is 9.74 Å². The second-order valence-corrected chi connectivity index (χ2v) is 9.62. The van der Waals surface area contributed by atoms with Crippen LogP contribution in [0.1, 0.15) is 23.4 Å². The van der Waals surface area contributed by atoms with Crippen molar-refractivity contribution in [3.05, 3.63) is 51.3 Å². The van der Waals surface area contributed by atoms with Crippen molar-refractivity contribution >= 4 is 32.5 Å². The highest BCUT2D eigenvalue weighted by atomic mass is 32.2. The van der Waals surface area contributed by atoms with Crippen molar-refractivity contribution < 1.29 is 26.9 Å². The van der Waals surface area contributed by atoms with Crippen molar-refractivity contribution in [1.29, 1.82) is 0 Å². The number of hydrogen-bond acceptors (Lipinski definition) is 8. The number of benzene rings is 1. The van der Waals surface area contributed by atoms with Crippen LogP contribution in [0, 0.1) is 6.92 Å². The van der Waals surface area contributed by atoms with Crippen LogP contribution in [0.4, 0.5) is 9.18 Å². The Morgan fingerprint density at radius 1 is 1.26 bits per heavy atom. The summed E-state index contributed by atoms with van der Waals surface area (Å²) in [5, 5.41) is 13.0. The molecule has 3 aromatic rings. The van der Waals surface area contributed by atoms with Crippen LogP contribution in [0.15, 0.2) is 40.0 Å². The largest absolute Gasteiger partial charge is 0.465 e. The van der Waals surface area contributed by atoms with E-state index in [1.54, 1.807) is 19.1 Å². The Hall–Kier alpha value is -3.06. The molecule has 164 valence electrons. The number of amides is 1. The second kappa shape index (κ2) is 7.57. The number of piperidine rings is 1. The Labute approximate surface area is 179 Å². The van der Waals surface area contributed by atoms with Gasteiger partial charge in [0.05, 0.1) is 6.07 Å². The Bertz CT molecular complexity index is 1310. The van der Waals surface area contributed by atoms with E-state index in [9.17, 15) is 18.0 Å². The number of carboxylic acid groups (broad SMARTS) is 1. The highest BCUT2D eigenvalue weighted by molar-refractivity contribution is 7.87. The predicted molar refractivity (Wildman–Crippen MR) is 108 cm³/mol. The molecule has 1 aliphatic heterocycles. The zero-order valence-electron chi connectivity index (χ0n) is 16.2. The quantitative estimate of drug-likeness (QED) is 0.577. The Morgan fingerprint density at radius 2 is 1.90 bits per heavy atom. The number of rotatable bonds is 4. The third kappa shape index (κ3) is 4.10. The van der Waals surface area contributed by atoms with E-state index in [1.165, 1.54) is 12.1 Å². The monoisotopic (exact) mass is 468 g/mol. The molecular formula is C18H17FN4O6S2. The van der Waals surface area contributed by atoms with Crippen molar-refractivity contribution in [3.63, 3.8) is 0 Å². The summed E-state index contributed by atoms with van der Waals surface area (Å²) in [6, 6.07) is 6.82. The first-order valence-corrected chi connectivity index (χ1v) is 11.4. The third-order valence-electron chi connectivity index (χ3n) is 4.94.